The number of thiol groups is 1. The normalized spacial score (nSPS) is 14.9. The molecule has 1 aromatic carbocycles. The molecule has 3 N–H and O–H groups in total. The van der Waals surface area contributed by atoms with Crippen molar-refractivity contribution >= 4 is 12.9 Å². The lowest BCUT2D eigenvalue weighted by Crippen LogP contribution is -2.24. The highest BCUT2D eigenvalue weighted by molar-refractivity contribution is 7.74. The number of nitrogens with two attached hydrogens (primary N) is 1. The van der Waals surface area contributed by atoms with Gasteiger partial charge in [-0.2, -0.15) is 4.33 Å². The first-order valence-corrected chi connectivity index (χ1v) is 4.97. The fraction of sp³-hybridized carbons (Fsp3) is 0.400. The van der Waals surface area contributed by atoms with E-state index < -0.39 is 6.10 Å². The van der Waals surface area contributed by atoms with E-state index in [0.29, 0.717) is 6.61 Å². The van der Waals surface area contributed by atoms with E-state index in [2.05, 4.69) is 22.1 Å². The van der Waals surface area contributed by atoms with Crippen LogP contribution in [0.4, 0.5) is 0 Å². The highest BCUT2D eigenvalue weighted by atomic mass is 32.1. The van der Waals surface area contributed by atoms with Crippen molar-refractivity contribution in [2.75, 3.05) is 0 Å². The first-order chi connectivity index (χ1) is 7.15. The fourth-order valence-electron chi connectivity index (χ4n) is 1.21. The van der Waals surface area contributed by atoms with Gasteiger partial charge in [-0.25, -0.2) is 4.89 Å². The maximum absolute atomic E-state index is 9.67. The molecule has 0 amide bonds. The van der Waals surface area contributed by atoms with E-state index in [1.54, 1.807) is 6.92 Å². The molecule has 4 nitrogen and oxygen atoms in total. The molecule has 0 saturated carbocycles. The summed E-state index contributed by atoms with van der Waals surface area (Å²) in [7, 11) is 0. The van der Waals surface area contributed by atoms with E-state index in [-0.39, 0.29) is 6.04 Å². The van der Waals surface area contributed by atoms with Crippen LogP contribution in [0.1, 0.15) is 24.2 Å². The summed E-state index contributed by atoms with van der Waals surface area (Å²) in [5.74, 6) is 0. The van der Waals surface area contributed by atoms with Crippen molar-refractivity contribution in [2.45, 2.75) is 25.7 Å². The summed E-state index contributed by atoms with van der Waals surface area (Å²) in [6.07, 6.45) is -0.638. The molecule has 0 fully saturated rings. The Kier molecular flexibility index (Phi) is 5.07. The van der Waals surface area contributed by atoms with Crippen molar-refractivity contribution in [3.63, 3.8) is 0 Å². The second kappa shape index (κ2) is 6.09. The molecule has 0 heterocycles. The first-order valence-electron chi connectivity index (χ1n) is 4.60. The van der Waals surface area contributed by atoms with Gasteiger partial charge < -0.3 is 10.8 Å². The summed E-state index contributed by atoms with van der Waals surface area (Å²) in [6.45, 7) is 2.08. The van der Waals surface area contributed by atoms with Gasteiger partial charge >= 0.3 is 0 Å². The van der Waals surface area contributed by atoms with Gasteiger partial charge in [0.2, 0.25) is 0 Å². The van der Waals surface area contributed by atoms with Crippen LogP contribution in [-0.4, -0.2) is 11.1 Å². The molecule has 2 atom stereocenters. The van der Waals surface area contributed by atoms with Crippen LogP contribution < -0.4 is 5.73 Å². The molecule has 0 aromatic heterocycles. The van der Waals surface area contributed by atoms with Crippen molar-refractivity contribution < 1.29 is 14.3 Å². The van der Waals surface area contributed by atoms with Crippen LogP contribution >= 0.6 is 12.9 Å². The zero-order valence-electron chi connectivity index (χ0n) is 8.46. The Balaban J connectivity index is 2.63. The molecule has 0 radical (unpaired) electrons. The number of benzene rings is 1. The van der Waals surface area contributed by atoms with Crippen LogP contribution in [0.2, 0.25) is 0 Å². The second-order valence-corrected chi connectivity index (χ2v) is 3.53. The van der Waals surface area contributed by atoms with Crippen molar-refractivity contribution in [1.82, 2.24) is 0 Å². The van der Waals surface area contributed by atoms with Gasteiger partial charge in [-0.3, -0.25) is 0 Å². The van der Waals surface area contributed by atoms with Crippen LogP contribution in [0, 0.1) is 0 Å². The number of rotatable bonds is 5. The Bertz CT molecular complexity index is 289. The summed E-state index contributed by atoms with van der Waals surface area (Å²) < 4.78 is 4.19. The van der Waals surface area contributed by atoms with Crippen molar-refractivity contribution in [2.24, 2.45) is 5.73 Å². The Labute approximate surface area is 94.5 Å². The lowest BCUT2D eigenvalue weighted by Gasteiger charge is -2.14. The number of aliphatic hydroxyl groups excluding tert-OH is 1. The minimum Gasteiger partial charge on any atom is -0.387 e. The molecule has 0 bridgehead atoms. The Morgan fingerprint density at radius 3 is 2.47 bits per heavy atom. The van der Waals surface area contributed by atoms with Crippen LogP contribution in [0.3, 0.4) is 0 Å². The zero-order valence-corrected chi connectivity index (χ0v) is 9.35. The molecule has 1 aromatic rings. The lowest BCUT2D eigenvalue weighted by atomic mass is 10.0. The summed E-state index contributed by atoms with van der Waals surface area (Å²) in [5, 5.41) is 9.67. The first kappa shape index (κ1) is 12.5. The van der Waals surface area contributed by atoms with Crippen LogP contribution in [-0.2, 0) is 15.8 Å². The summed E-state index contributed by atoms with van der Waals surface area (Å²) in [6, 6.07) is 7.02. The highest BCUT2D eigenvalue weighted by Crippen LogP contribution is 2.16. The largest absolute Gasteiger partial charge is 0.387 e. The number of hydrogen-bond donors (Lipinski definition) is 3. The van der Waals surface area contributed by atoms with Crippen molar-refractivity contribution in [1.29, 1.82) is 0 Å². The van der Waals surface area contributed by atoms with Gasteiger partial charge in [-0.05, 0) is 18.1 Å². The highest BCUT2D eigenvalue weighted by Gasteiger charge is 2.11. The molecular formula is C10H15NO3S. The van der Waals surface area contributed by atoms with Crippen LogP contribution in [0.5, 0.6) is 0 Å². The summed E-state index contributed by atoms with van der Waals surface area (Å²) >= 11 is 3.45. The fourth-order valence-corrected chi connectivity index (χ4v) is 1.26. The standard InChI is InChI=1S/C10H15NO3S/c1-7(11)10(12)9-4-2-8(3-5-9)6-13-14-15/h2-5,7,10,12,15H,6,11H2,1H3/t7-,10+/m1/s1. The summed E-state index contributed by atoms with van der Waals surface area (Å²) in [5.41, 5.74) is 7.31. The monoisotopic (exact) mass is 229 g/mol. The lowest BCUT2D eigenvalue weighted by molar-refractivity contribution is -0.199. The van der Waals surface area contributed by atoms with Gasteiger partial charge in [0.1, 0.15) is 6.61 Å². The maximum Gasteiger partial charge on any atom is 0.109 e. The quantitative estimate of drug-likeness (QED) is 0.309. The SMILES string of the molecule is C[C@@H](N)[C@H](O)c1ccc(COOS)cc1. The predicted molar refractivity (Wildman–Crippen MR) is 59.9 cm³/mol. The predicted octanol–water partition coefficient (Wildman–Crippen LogP) is 1.36. The Morgan fingerprint density at radius 1 is 1.40 bits per heavy atom. The molecule has 15 heavy (non-hydrogen) atoms. The van der Waals surface area contributed by atoms with Crippen LogP contribution in [0.15, 0.2) is 24.3 Å². The van der Waals surface area contributed by atoms with Crippen LogP contribution in [0.25, 0.3) is 0 Å². The molecule has 0 aliphatic rings. The molecule has 5 heteroatoms. The second-order valence-electron chi connectivity index (χ2n) is 3.38. The topological polar surface area (TPSA) is 64.7 Å². The molecule has 0 aliphatic heterocycles. The number of aliphatic hydroxyl groups is 1. The van der Waals surface area contributed by atoms with Gasteiger partial charge in [0, 0.05) is 19.0 Å². The van der Waals surface area contributed by atoms with Crippen molar-refractivity contribution in [3.8, 4) is 0 Å². The minimum atomic E-state index is -0.638. The Hall–Kier alpha value is -0.590. The van der Waals surface area contributed by atoms with Crippen molar-refractivity contribution in [3.05, 3.63) is 35.4 Å². The minimum absolute atomic E-state index is 0.284. The van der Waals surface area contributed by atoms with E-state index in [1.165, 1.54) is 0 Å². The zero-order chi connectivity index (χ0) is 11.3. The van der Waals surface area contributed by atoms with E-state index in [0.717, 1.165) is 11.1 Å². The average Bonchev–Trinajstić information content (AvgIpc) is 2.26. The maximum atomic E-state index is 9.67. The molecular weight excluding hydrogens is 214 g/mol. The molecule has 0 spiro atoms. The third kappa shape index (κ3) is 3.81. The van der Waals surface area contributed by atoms with Gasteiger partial charge in [-0.15, -0.1) is 0 Å². The molecule has 0 saturated heterocycles. The van der Waals surface area contributed by atoms with Gasteiger partial charge in [0.15, 0.2) is 0 Å². The van der Waals surface area contributed by atoms with E-state index >= 15 is 0 Å². The molecule has 0 aliphatic carbocycles. The molecule has 84 valence electrons. The van der Waals surface area contributed by atoms with Gasteiger partial charge in [0.05, 0.1) is 6.10 Å². The third-order valence-electron chi connectivity index (χ3n) is 2.10. The average molecular weight is 229 g/mol. The van der Waals surface area contributed by atoms with E-state index in [9.17, 15) is 5.11 Å². The Morgan fingerprint density at radius 2 is 2.00 bits per heavy atom. The van der Waals surface area contributed by atoms with Gasteiger partial charge in [-0.1, -0.05) is 24.3 Å². The number of hydrogen-bond acceptors (Lipinski definition) is 5. The van der Waals surface area contributed by atoms with E-state index in [4.69, 9.17) is 5.73 Å². The molecule has 0 unspecified atom stereocenters. The van der Waals surface area contributed by atoms with Gasteiger partial charge in [0.25, 0.3) is 0 Å². The third-order valence-corrected chi connectivity index (χ3v) is 2.20. The van der Waals surface area contributed by atoms with E-state index in [1.807, 2.05) is 24.3 Å². The molecule has 1 rings (SSSR count). The smallest absolute Gasteiger partial charge is 0.109 e. The summed E-state index contributed by atoms with van der Waals surface area (Å²) in [4.78, 5) is 4.64.